The molecule has 0 bridgehead atoms. The zero-order valence-corrected chi connectivity index (χ0v) is 17.8. The monoisotopic (exact) mass is 414 g/mol. The summed E-state index contributed by atoms with van der Waals surface area (Å²) >= 11 is 0. The van der Waals surface area contributed by atoms with Gasteiger partial charge in [-0.2, -0.15) is 9.57 Å². The van der Waals surface area contributed by atoms with Crippen molar-refractivity contribution in [3.8, 4) is 6.07 Å². The number of piperidine rings is 1. The molecule has 0 unspecified atom stereocenters. The van der Waals surface area contributed by atoms with Gasteiger partial charge in [-0.25, -0.2) is 8.42 Å². The maximum Gasteiger partial charge on any atom is 0.275 e. The fourth-order valence-electron chi connectivity index (χ4n) is 3.64. The first-order chi connectivity index (χ1) is 13.8. The van der Waals surface area contributed by atoms with Crippen LogP contribution in [-0.2, 0) is 17.1 Å². The third kappa shape index (κ3) is 4.21. The van der Waals surface area contributed by atoms with Crippen LogP contribution < -0.4 is 4.90 Å². The number of rotatable bonds is 5. The molecule has 29 heavy (non-hydrogen) atoms. The number of anilines is 1. The molecule has 0 N–H and O–H groups in total. The van der Waals surface area contributed by atoms with Crippen molar-refractivity contribution in [3.05, 3.63) is 47.8 Å². The summed E-state index contributed by atoms with van der Waals surface area (Å²) in [6.07, 6.45) is 4.25. The van der Waals surface area contributed by atoms with Gasteiger partial charge in [-0.15, -0.1) is 0 Å². The topological polar surface area (TPSA) is 86.4 Å². The summed E-state index contributed by atoms with van der Waals surface area (Å²) in [6, 6.07) is 10.2. The van der Waals surface area contributed by atoms with E-state index >= 15 is 0 Å². The van der Waals surface area contributed by atoms with E-state index in [1.165, 1.54) is 16.6 Å². The smallest absolute Gasteiger partial charge is 0.275 e. The minimum atomic E-state index is -3.62. The Bertz CT molecular complexity index is 1040. The summed E-state index contributed by atoms with van der Waals surface area (Å²) in [5, 5.41) is 9.17. The highest BCUT2D eigenvalue weighted by Gasteiger charge is 2.30. The molecular weight excluding hydrogens is 388 g/mol. The van der Waals surface area contributed by atoms with Crippen molar-refractivity contribution in [1.82, 2.24) is 8.87 Å². The van der Waals surface area contributed by atoms with Crippen molar-refractivity contribution in [2.75, 3.05) is 18.0 Å². The second-order valence-corrected chi connectivity index (χ2v) is 9.51. The number of sulfonamides is 1. The molecule has 1 aliphatic rings. The van der Waals surface area contributed by atoms with Gasteiger partial charge in [0.1, 0.15) is 10.6 Å². The van der Waals surface area contributed by atoms with Gasteiger partial charge in [0.25, 0.3) is 5.91 Å². The molecule has 8 heteroatoms. The Morgan fingerprint density at radius 1 is 1.17 bits per heavy atom. The van der Waals surface area contributed by atoms with E-state index in [1.807, 2.05) is 13.8 Å². The molecule has 1 amide bonds. The maximum atomic E-state index is 13.3. The molecular formula is C21H26N4O3S. The molecule has 0 saturated carbocycles. The largest absolute Gasteiger partial charge is 0.345 e. The summed E-state index contributed by atoms with van der Waals surface area (Å²) < 4.78 is 29.0. The third-order valence-corrected chi connectivity index (χ3v) is 7.00. The van der Waals surface area contributed by atoms with Gasteiger partial charge in [0, 0.05) is 38.1 Å². The standard InChI is InChI=1S/C21H26N4O3S/c1-16(2)25(18-9-7-8-17(12-18)14-22)21(26)20-13-19(15-23(20)3)29(27,28)24-10-5-4-6-11-24/h7-9,12-13,15-16H,4-6,10-11H2,1-3H3. The first-order valence-electron chi connectivity index (χ1n) is 9.76. The van der Waals surface area contributed by atoms with Gasteiger partial charge >= 0.3 is 0 Å². The van der Waals surface area contributed by atoms with E-state index in [0.29, 0.717) is 24.3 Å². The van der Waals surface area contributed by atoms with Crippen LogP contribution in [0.4, 0.5) is 5.69 Å². The van der Waals surface area contributed by atoms with Crippen molar-refractivity contribution in [3.63, 3.8) is 0 Å². The Balaban J connectivity index is 1.97. The van der Waals surface area contributed by atoms with E-state index in [0.717, 1.165) is 19.3 Å². The van der Waals surface area contributed by atoms with Crippen LogP contribution in [0.2, 0.25) is 0 Å². The predicted octanol–water partition coefficient (Wildman–Crippen LogP) is 3.13. The summed E-state index contributed by atoms with van der Waals surface area (Å²) in [5.74, 6) is -0.308. The molecule has 154 valence electrons. The normalized spacial score (nSPS) is 15.3. The molecule has 3 rings (SSSR count). The molecule has 0 spiro atoms. The molecule has 1 aliphatic heterocycles. The molecule has 1 aromatic heterocycles. The van der Waals surface area contributed by atoms with Crippen molar-refractivity contribution in [2.24, 2.45) is 7.05 Å². The van der Waals surface area contributed by atoms with Gasteiger partial charge < -0.3 is 9.47 Å². The highest BCUT2D eigenvalue weighted by molar-refractivity contribution is 7.89. The van der Waals surface area contributed by atoms with E-state index in [2.05, 4.69) is 6.07 Å². The summed E-state index contributed by atoms with van der Waals surface area (Å²) in [4.78, 5) is 15.1. The second-order valence-electron chi connectivity index (χ2n) is 7.57. The number of hydrogen-bond acceptors (Lipinski definition) is 4. The van der Waals surface area contributed by atoms with Crippen molar-refractivity contribution in [1.29, 1.82) is 5.26 Å². The predicted molar refractivity (Wildman–Crippen MR) is 111 cm³/mol. The van der Waals surface area contributed by atoms with E-state index in [1.54, 1.807) is 40.8 Å². The number of aromatic nitrogens is 1. The van der Waals surface area contributed by atoms with Crippen LogP contribution in [0.1, 0.15) is 49.2 Å². The van der Waals surface area contributed by atoms with Gasteiger partial charge in [-0.3, -0.25) is 4.79 Å². The Hall–Kier alpha value is -2.63. The third-order valence-electron chi connectivity index (χ3n) is 5.14. The molecule has 2 aromatic rings. The van der Waals surface area contributed by atoms with Crippen molar-refractivity contribution >= 4 is 21.6 Å². The van der Waals surface area contributed by atoms with E-state index in [4.69, 9.17) is 5.26 Å². The average Bonchev–Trinajstić information content (AvgIpc) is 3.11. The number of amides is 1. The molecule has 0 atom stereocenters. The Morgan fingerprint density at radius 3 is 2.48 bits per heavy atom. The Kier molecular flexibility index (Phi) is 6.10. The fourth-order valence-corrected chi connectivity index (χ4v) is 5.23. The first kappa shape index (κ1) is 21.1. The maximum absolute atomic E-state index is 13.3. The Morgan fingerprint density at radius 2 is 1.86 bits per heavy atom. The quantitative estimate of drug-likeness (QED) is 0.752. The zero-order chi connectivity index (χ0) is 21.2. The highest BCUT2D eigenvalue weighted by Crippen LogP contribution is 2.25. The van der Waals surface area contributed by atoms with Crippen molar-refractivity contribution in [2.45, 2.75) is 44.0 Å². The van der Waals surface area contributed by atoms with Gasteiger partial charge in [0.15, 0.2) is 0 Å². The molecule has 0 aliphatic carbocycles. The lowest BCUT2D eigenvalue weighted by atomic mass is 10.1. The van der Waals surface area contributed by atoms with Crippen LogP contribution in [0.3, 0.4) is 0 Å². The van der Waals surface area contributed by atoms with Crippen LogP contribution in [0.5, 0.6) is 0 Å². The van der Waals surface area contributed by atoms with Gasteiger partial charge in [-0.05, 0) is 51.0 Å². The minimum absolute atomic E-state index is 0.139. The van der Waals surface area contributed by atoms with E-state index < -0.39 is 10.0 Å². The lowest BCUT2D eigenvalue weighted by Crippen LogP contribution is -2.38. The molecule has 1 aromatic carbocycles. The van der Waals surface area contributed by atoms with E-state index in [-0.39, 0.29) is 22.5 Å². The lowest BCUT2D eigenvalue weighted by Gasteiger charge is -2.27. The second kappa shape index (κ2) is 8.39. The molecule has 1 fully saturated rings. The Labute approximate surface area is 172 Å². The van der Waals surface area contributed by atoms with Crippen LogP contribution in [-0.4, -0.2) is 42.3 Å². The fraction of sp³-hybridized carbons (Fsp3) is 0.429. The van der Waals surface area contributed by atoms with Crippen molar-refractivity contribution < 1.29 is 13.2 Å². The van der Waals surface area contributed by atoms with E-state index in [9.17, 15) is 13.2 Å². The van der Waals surface area contributed by atoms with Gasteiger partial charge in [0.05, 0.1) is 11.6 Å². The number of aryl methyl sites for hydroxylation is 1. The number of carbonyl (C=O) groups is 1. The summed E-state index contributed by atoms with van der Waals surface area (Å²) in [7, 11) is -1.95. The minimum Gasteiger partial charge on any atom is -0.345 e. The molecule has 2 heterocycles. The number of benzene rings is 1. The number of nitrogens with zero attached hydrogens (tertiary/aromatic N) is 4. The van der Waals surface area contributed by atoms with Crippen LogP contribution in [0.15, 0.2) is 41.4 Å². The summed E-state index contributed by atoms with van der Waals surface area (Å²) in [5.41, 5.74) is 1.35. The lowest BCUT2D eigenvalue weighted by molar-refractivity contribution is 0.0972. The number of nitriles is 1. The number of hydrogen-bond donors (Lipinski definition) is 0. The average molecular weight is 415 g/mol. The molecule has 0 radical (unpaired) electrons. The van der Waals surface area contributed by atoms with Crippen LogP contribution >= 0.6 is 0 Å². The number of carbonyl (C=O) groups excluding carboxylic acids is 1. The first-order valence-corrected chi connectivity index (χ1v) is 11.2. The molecule has 7 nitrogen and oxygen atoms in total. The van der Waals surface area contributed by atoms with Gasteiger partial charge in [0.2, 0.25) is 10.0 Å². The zero-order valence-electron chi connectivity index (χ0n) is 17.0. The van der Waals surface area contributed by atoms with Crippen LogP contribution in [0, 0.1) is 11.3 Å². The highest BCUT2D eigenvalue weighted by atomic mass is 32.2. The van der Waals surface area contributed by atoms with Gasteiger partial charge in [-0.1, -0.05) is 12.5 Å². The molecule has 1 saturated heterocycles. The SMILES string of the molecule is CC(C)N(C(=O)c1cc(S(=O)(=O)N2CCCCC2)cn1C)c1cccc(C#N)c1. The summed E-state index contributed by atoms with van der Waals surface area (Å²) in [6.45, 7) is 4.79. The van der Waals surface area contributed by atoms with Crippen LogP contribution in [0.25, 0.3) is 0 Å².